The van der Waals surface area contributed by atoms with Crippen molar-refractivity contribution >= 4 is 51.2 Å². The van der Waals surface area contributed by atoms with Crippen LogP contribution in [0.25, 0.3) is 32.7 Å². The molecule has 0 spiro atoms. The SMILES string of the molecule is CCCCCCCCOc1ccc2ccccc2c1-c1c(OCC(=O)N[C@H](CCCCN)C(=O)N[C@H](CCCN=C(N)N)C(=O)N[C@@H](CC(C)C)C(=O)OCc2ccccc2)ccc2ccccc12. The average molecular weight is 944 g/mol. The van der Waals surface area contributed by atoms with Gasteiger partial charge in [0.2, 0.25) is 11.8 Å². The van der Waals surface area contributed by atoms with Crippen molar-refractivity contribution in [1.29, 1.82) is 0 Å². The molecule has 0 saturated heterocycles. The summed E-state index contributed by atoms with van der Waals surface area (Å²) in [6.45, 7) is 6.87. The lowest BCUT2D eigenvalue weighted by molar-refractivity contribution is -0.150. The zero-order valence-electron chi connectivity index (χ0n) is 40.7. The summed E-state index contributed by atoms with van der Waals surface area (Å²) in [6.07, 6.45) is 8.99. The Balaban J connectivity index is 1.36. The number of benzene rings is 5. The molecule has 370 valence electrons. The minimum Gasteiger partial charge on any atom is -0.493 e. The molecule has 0 radical (unpaired) electrons. The first-order valence-corrected chi connectivity index (χ1v) is 24.6. The number of ether oxygens (including phenoxy) is 3. The van der Waals surface area contributed by atoms with Crippen LogP contribution >= 0.6 is 0 Å². The van der Waals surface area contributed by atoms with E-state index in [9.17, 15) is 19.2 Å². The standard InChI is InChI=1S/C55H73N7O7/c1-4-5-6-7-8-18-34-67-47-30-28-40-22-12-14-24-42(40)50(47)51-43-25-15-13-23-41(43)29-31-48(51)68-37-49(63)60-44(26-16-17-32-56)52(64)61-45(27-19-33-59-55(57)58)53(65)62-46(35-38(2)3)54(66)69-36-39-20-10-9-11-21-39/h9-15,20-25,28-31,38,44-46H,4-8,16-19,26-27,32-37,56H2,1-3H3,(H,60,63)(H,61,64)(H,62,65)(H4,57,58,59)/t44-,45-,46+/m1/s1. The highest BCUT2D eigenvalue weighted by Crippen LogP contribution is 2.45. The van der Waals surface area contributed by atoms with Gasteiger partial charge in [-0.15, -0.1) is 0 Å². The highest BCUT2D eigenvalue weighted by molar-refractivity contribution is 6.10. The molecule has 0 aliphatic heterocycles. The fourth-order valence-electron chi connectivity index (χ4n) is 8.30. The molecule has 5 aromatic carbocycles. The monoisotopic (exact) mass is 944 g/mol. The van der Waals surface area contributed by atoms with E-state index in [-0.39, 0.29) is 37.9 Å². The van der Waals surface area contributed by atoms with Gasteiger partial charge in [-0.1, -0.05) is 144 Å². The number of carbonyl (C=O) groups is 4. The Morgan fingerprint density at radius 2 is 1.17 bits per heavy atom. The molecule has 0 bridgehead atoms. The summed E-state index contributed by atoms with van der Waals surface area (Å²) in [5.41, 5.74) is 19.4. The van der Waals surface area contributed by atoms with Crippen molar-refractivity contribution in [3.05, 3.63) is 109 Å². The molecular formula is C55H73N7O7. The van der Waals surface area contributed by atoms with Crippen LogP contribution in [0.5, 0.6) is 11.5 Å². The molecule has 9 N–H and O–H groups in total. The zero-order valence-corrected chi connectivity index (χ0v) is 40.7. The summed E-state index contributed by atoms with van der Waals surface area (Å²) in [5.74, 6) is -1.17. The van der Waals surface area contributed by atoms with Gasteiger partial charge >= 0.3 is 5.97 Å². The van der Waals surface area contributed by atoms with Crippen LogP contribution in [0.15, 0.2) is 108 Å². The Bertz CT molecular complexity index is 2440. The van der Waals surface area contributed by atoms with Gasteiger partial charge in [-0.3, -0.25) is 19.4 Å². The fraction of sp³-hybridized carbons (Fsp3) is 0.436. The van der Waals surface area contributed by atoms with Crippen LogP contribution in [0.3, 0.4) is 0 Å². The van der Waals surface area contributed by atoms with Crippen LogP contribution in [-0.4, -0.2) is 74.1 Å². The predicted molar refractivity (Wildman–Crippen MR) is 276 cm³/mol. The molecule has 14 heteroatoms. The molecule has 3 amide bonds. The van der Waals surface area contributed by atoms with E-state index in [0.29, 0.717) is 44.6 Å². The second-order valence-corrected chi connectivity index (χ2v) is 17.9. The van der Waals surface area contributed by atoms with E-state index in [4.69, 9.17) is 31.4 Å². The van der Waals surface area contributed by atoms with E-state index in [1.54, 1.807) is 0 Å². The summed E-state index contributed by atoms with van der Waals surface area (Å²) < 4.78 is 18.6. The third kappa shape index (κ3) is 17.1. The van der Waals surface area contributed by atoms with E-state index < -0.39 is 48.4 Å². The first kappa shape index (κ1) is 53.3. The number of aliphatic imine (C=N–C) groups is 1. The summed E-state index contributed by atoms with van der Waals surface area (Å²) >= 11 is 0. The van der Waals surface area contributed by atoms with Crippen LogP contribution in [0.2, 0.25) is 0 Å². The smallest absolute Gasteiger partial charge is 0.328 e. The Kier molecular flexibility index (Phi) is 22.1. The fourth-order valence-corrected chi connectivity index (χ4v) is 8.30. The van der Waals surface area contributed by atoms with Crippen molar-refractivity contribution in [2.75, 3.05) is 26.3 Å². The second kappa shape index (κ2) is 28.6. The van der Waals surface area contributed by atoms with Gasteiger partial charge in [0.15, 0.2) is 12.6 Å². The normalized spacial score (nSPS) is 12.5. The van der Waals surface area contributed by atoms with Crippen molar-refractivity contribution in [2.45, 2.75) is 123 Å². The first-order valence-electron chi connectivity index (χ1n) is 24.6. The van der Waals surface area contributed by atoms with Gasteiger partial charge in [-0.05, 0) is 96.6 Å². The number of esters is 1. The van der Waals surface area contributed by atoms with E-state index in [2.05, 4.69) is 46.1 Å². The number of fused-ring (bicyclic) bond motifs is 2. The first-order chi connectivity index (χ1) is 33.5. The van der Waals surface area contributed by atoms with Gasteiger partial charge in [0.1, 0.15) is 36.2 Å². The van der Waals surface area contributed by atoms with Crippen LogP contribution in [0.1, 0.15) is 103 Å². The molecule has 69 heavy (non-hydrogen) atoms. The zero-order chi connectivity index (χ0) is 49.4. The second-order valence-electron chi connectivity index (χ2n) is 17.9. The van der Waals surface area contributed by atoms with Gasteiger partial charge < -0.3 is 47.4 Å². The largest absolute Gasteiger partial charge is 0.493 e. The van der Waals surface area contributed by atoms with Crippen molar-refractivity contribution < 1.29 is 33.4 Å². The van der Waals surface area contributed by atoms with E-state index in [1.165, 1.54) is 25.7 Å². The number of hydrogen-bond donors (Lipinski definition) is 6. The minimum atomic E-state index is -1.10. The van der Waals surface area contributed by atoms with Crippen molar-refractivity contribution in [1.82, 2.24) is 16.0 Å². The molecule has 0 heterocycles. The molecule has 0 aromatic heterocycles. The maximum absolute atomic E-state index is 14.2. The van der Waals surface area contributed by atoms with Crippen LogP contribution in [0.4, 0.5) is 0 Å². The maximum Gasteiger partial charge on any atom is 0.328 e. The van der Waals surface area contributed by atoms with Crippen LogP contribution in [-0.2, 0) is 30.5 Å². The van der Waals surface area contributed by atoms with E-state index in [1.807, 2.05) is 98.8 Å². The Morgan fingerprint density at radius 1 is 0.609 bits per heavy atom. The number of nitrogens with one attached hydrogen (secondary N) is 3. The van der Waals surface area contributed by atoms with Gasteiger partial charge in [-0.2, -0.15) is 0 Å². The number of guanidine groups is 1. The Morgan fingerprint density at radius 3 is 1.80 bits per heavy atom. The van der Waals surface area contributed by atoms with E-state index in [0.717, 1.165) is 56.8 Å². The molecule has 3 atom stereocenters. The maximum atomic E-state index is 14.2. The topological polar surface area (TPSA) is 222 Å². The number of nitrogens with two attached hydrogens (primary N) is 3. The molecule has 5 aromatic rings. The lowest BCUT2D eigenvalue weighted by Crippen LogP contribution is -2.56. The average Bonchev–Trinajstić information content (AvgIpc) is 3.34. The van der Waals surface area contributed by atoms with Gasteiger partial charge in [0.25, 0.3) is 5.91 Å². The van der Waals surface area contributed by atoms with Crippen LogP contribution in [0, 0.1) is 5.92 Å². The van der Waals surface area contributed by atoms with E-state index >= 15 is 0 Å². The molecular weight excluding hydrogens is 871 g/mol. The quantitative estimate of drug-likeness (QED) is 0.0112. The Labute approximate surface area is 407 Å². The summed E-state index contributed by atoms with van der Waals surface area (Å²) in [6, 6.07) is 30.2. The van der Waals surface area contributed by atoms with Crippen LogP contribution < -0.4 is 42.6 Å². The molecule has 0 fully saturated rings. The molecule has 5 rings (SSSR count). The van der Waals surface area contributed by atoms with Crippen molar-refractivity contribution in [3.63, 3.8) is 0 Å². The number of rotatable bonds is 30. The molecule has 0 saturated carbocycles. The third-order valence-electron chi connectivity index (χ3n) is 11.9. The number of amides is 3. The number of unbranched alkanes of at least 4 members (excludes halogenated alkanes) is 6. The molecule has 0 aliphatic rings. The number of nitrogens with zero attached hydrogens (tertiary/aromatic N) is 1. The summed E-state index contributed by atoms with van der Waals surface area (Å²) in [4.78, 5) is 59.7. The third-order valence-corrected chi connectivity index (χ3v) is 11.9. The summed E-state index contributed by atoms with van der Waals surface area (Å²) in [5, 5.41) is 12.5. The lowest BCUT2D eigenvalue weighted by atomic mass is 9.92. The van der Waals surface area contributed by atoms with Crippen molar-refractivity contribution in [2.24, 2.45) is 28.1 Å². The number of carbonyl (C=O) groups excluding carboxylic acids is 4. The molecule has 14 nitrogen and oxygen atoms in total. The highest BCUT2D eigenvalue weighted by atomic mass is 16.5. The number of hydrogen-bond acceptors (Lipinski definition) is 9. The van der Waals surface area contributed by atoms with Gasteiger partial charge in [0.05, 0.1) is 6.61 Å². The van der Waals surface area contributed by atoms with Crippen molar-refractivity contribution in [3.8, 4) is 22.6 Å². The predicted octanol–water partition coefficient (Wildman–Crippen LogP) is 8.20. The van der Waals surface area contributed by atoms with Gasteiger partial charge in [0, 0.05) is 17.7 Å². The molecule has 0 aliphatic carbocycles. The molecule has 0 unspecified atom stereocenters. The highest BCUT2D eigenvalue weighted by Gasteiger charge is 2.31. The summed E-state index contributed by atoms with van der Waals surface area (Å²) in [7, 11) is 0. The lowest BCUT2D eigenvalue weighted by Gasteiger charge is -2.26. The Hall–Kier alpha value is -6.67. The van der Waals surface area contributed by atoms with Gasteiger partial charge in [-0.25, -0.2) is 4.79 Å². The minimum absolute atomic E-state index is 0.0295.